The van der Waals surface area contributed by atoms with Gasteiger partial charge in [0, 0.05) is 17.0 Å². The van der Waals surface area contributed by atoms with Gasteiger partial charge in [0.2, 0.25) is 5.95 Å². The zero-order valence-corrected chi connectivity index (χ0v) is 18.3. The Kier molecular flexibility index (Phi) is 5.43. The van der Waals surface area contributed by atoms with E-state index in [4.69, 9.17) is 20.6 Å². The van der Waals surface area contributed by atoms with Gasteiger partial charge in [-0.2, -0.15) is 4.98 Å². The van der Waals surface area contributed by atoms with Gasteiger partial charge in [-0.05, 0) is 42.1 Å². The van der Waals surface area contributed by atoms with Gasteiger partial charge in [0.1, 0.15) is 11.6 Å². The zero-order chi connectivity index (χ0) is 21.9. The van der Waals surface area contributed by atoms with Crippen LogP contribution in [-0.2, 0) is 6.42 Å². The number of nitrogens with zero attached hydrogens (tertiary/aromatic N) is 4. The second-order valence-corrected chi connectivity index (χ2v) is 8.24. The Bertz CT molecular complexity index is 1330. The first-order valence-electron chi connectivity index (χ1n) is 10.3. The van der Waals surface area contributed by atoms with Crippen molar-refractivity contribution in [1.82, 2.24) is 19.7 Å². The molecule has 5 rings (SSSR count). The number of nitrogens with two attached hydrogens (primary N) is 1. The molecule has 0 aliphatic heterocycles. The number of methoxy groups -OCH3 is 1. The predicted molar refractivity (Wildman–Crippen MR) is 130 cm³/mol. The van der Waals surface area contributed by atoms with E-state index in [9.17, 15) is 0 Å². The molecule has 0 saturated heterocycles. The molecule has 0 fully saturated rings. The maximum atomic E-state index is 6.56. The number of nitrogens with one attached hydrogen (secondary N) is 1. The van der Waals surface area contributed by atoms with Crippen LogP contribution in [0, 0.1) is 0 Å². The van der Waals surface area contributed by atoms with Crippen LogP contribution in [0.1, 0.15) is 4.88 Å². The number of anilines is 2. The molecule has 7 nitrogen and oxygen atoms in total. The fourth-order valence-corrected chi connectivity index (χ4v) is 4.28. The molecule has 0 aliphatic carbocycles. The van der Waals surface area contributed by atoms with Crippen LogP contribution < -0.4 is 15.8 Å². The lowest BCUT2D eigenvalue weighted by Crippen LogP contribution is -2.08. The van der Waals surface area contributed by atoms with Crippen LogP contribution in [-0.4, -0.2) is 33.4 Å². The summed E-state index contributed by atoms with van der Waals surface area (Å²) in [5.74, 6) is 1.80. The number of aromatic nitrogens is 4. The highest BCUT2D eigenvalue weighted by atomic mass is 32.1. The Morgan fingerprint density at radius 2 is 1.81 bits per heavy atom. The van der Waals surface area contributed by atoms with Crippen molar-refractivity contribution in [1.29, 1.82) is 0 Å². The summed E-state index contributed by atoms with van der Waals surface area (Å²) >= 11 is 1.74. The standard InChI is InChI=1S/C24H22N6OS/c1-31-18-11-9-17(10-12-18)30-22(25)20-21(16-6-3-2-4-7-16)27-24(28-23(20)29-30)26-14-13-19-8-5-15-32-19/h2-12,15H,13-14,25H2,1H3,(H,26,28,29). The summed E-state index contributed by atoms with van der Waals surface area (Å²) in [6, 6.07) is 21.7. The van der Waals surface area contributed by atoms with Crippen LogP contribution in [0.3, 0.4) is 0 Å². The molecule has 0 unspecified atom stereocenters. The number of nitrogen functional groups attached to an aromatic ring is 1. The highest BCUT2D eigenvalue weighted by Gasteiger charge is 2.19. The van der Waals surface area contributed by atoms with Crippen molar-refractivity contribution in [2.45, 2.75) is 6.42 Å². The molecule has 2 aromatic carbocycles. The monoisotopic (exact) mass is 442 g/mol. The summed E-state index contributed by atoms with van der Waals surface area (Å²) < 4.78 is 6.96. The van der Waals surface area contributed by atoms with Crippen LogP contribution in [0.15, 0.2) is 72.1 Å². The van der Waals surface area contributed by atoms with Crippen molar-refractivity contribution in [3.63, 3.8) is 0 Å². The molecule has 0 saturated carbocycles. The van der Waals surface area contributed by atoms with E-state index in [-0.39, 0.29) is 0 Å². The van der Waals surface area contributed by atoms with Gasteiger partial charge in [0.05, 0.1) is 23.9 Å². The lowest BCUT2D eigenvalue weighted by Gasteiger charge is -2.08. The summed E-state index contributed by atoms with van der Waals surface area (Å²) in [7, 11) is 1.64. The topological polar surface area (TPSA) is 90.9 Å². The molecular formula is C24H22N6OS. The maximum Gasteiger partial charge on any atom is 0.225 e. The summed E-state index contributed by atoms with van der Waals surface area (Å²) in [6.07, 6.45) is 0.905. The minimum absolute atomic E-state index is 0.495. The van der Waals surface area contributed by atoms with Crippen LogP contribution >= 0.6 is 11.3 Å². The van der Waals surface area contributed by atoms with Crippen molar-refractivity contribution >= 4 is 34.1 Å². The minimum atomic E-state index is 0.495. The third kappa shape index (κ3) is 3.88. The zero-order valence-electron chi connectivity index (χ0n) is 17.5. The molecule has 0 radical (unpaired) electrons. The average Bonchev–Trinajstić information content (AvgIpc) is 3.47. The van der Waals surface area contributed by atoms with E-state index >= 15 is 0 Å². The smallest absolute Gasteiger partial charge is 0.225 e. The fraction of sp³-hybridized carbons (Fsp3) is 0.125. The van der Waals surface area contributed by atoms with Crippen LogP contribution in [0.2, 0.25) is 0 Å². The molecule has 3 N–H and O–H groups in total. The SMILES string of the molecule is COc1ccc(-n2nc3nc(NCCc4cccs4)nc(-c4ccccc4)c3c2N)cc1. The summed E-state index contributed by atoms with van der Waals surface area (Å²) in [6.45, 7) is 0.731. The van der Waals surface area contributed by atoms with E-state index in [1.807, 2.05) is 54.6 Å². The van der Waals surface area contributed by atoms with Crippen molar-refractivity contribution in [3.8, 4) is 22.7 Å². The molecule has 0 bridgehead atoms. The van der Waals surface area contributed by atoms with E-state index < -0.39 is 0 Å². The molecule has 0 amide bonds. The van der Waals surface area contributed by atoms with E-state index in [1.165, 1.54) is 4.88 Å². The molecule has 32 heavy (non-hydrogen) atoms. The number of rotatable bonds is 7. The van der Waals surface area contributed by atoms with Crippen molar-refractivity contribution < 1.29 is 4.74 Å². The van der Waals surface area contributed by atoms with Gasteiger partial charge >= 0.3 is 0 Å². The normalized spacial score (nSPS) is 11.0. The van der Waals surface area contributed by atoms with E-state index in [1.54, 1.807) is 23.1 Å². The number of hydrogen-bond donors (Lipinski definition) is 2. The maximum absolute atomic E-state index is 6.56. The number of thiophene rings is 1. The van der Waals surface area contributed by atoms with E-state index in [0.29, 0.717) is 17.4 Å². The molecule has 3 heterocycles. The van der Waals surface area contributed by atoms with E-state index in [0.717, 1.165) is 41.0 Å². The molecule has 5 aromatic rings. The number of hydrogen-bond acceptors (Lipinski definition) is 7. The quantitative estimate of drug-likeness (QED) is 0.377. The Morgan fingerprint density at radius 3 is 2.53 bits per heavy atom. The lowest BCUT2D eigenvalue weighted by atomic mass is 10.1. The summed E-state index contributed by atoms with van der Waals surface area (Å²) in [5.41, 5.74) is 9.65. The lowest BCUT2D eigenvalue weighted by molar-refractivity contribution is 0.414. The molecule has 160 valence electrons. The van der Waals surface area contributed by atoms with Crippen molar-refractivity contribution in [3.05, 3.63) is 77.0 Å². The summed E-state index contributed by atoms with van der Waals surface area (Å²) in [4.78, 5) is 10.8. The minimum Gasteiger partial charge on any atom is -0.497 e. The largest absolute Gasteiger partial charge is 0.497 e. The number of benzene rings is 2. The molecule has 8 heteroatoms. The van der Waals surface area contributed by atoms with E-state index in [2.05, 4.69) is 27.8 Å². The molecule has 0 spiro atoms. The Balaban J connectivity index is 1.57. The second kappa shape index (κ2) is 8.68. The highest BCUT2D eigenvalue weighted by Crippen LogP contribution is 2.33. The molecule has 0 atom stereocenters. The van der Waals surface area contributed by atoms with Gasteiger partial charge in [-0.3, -0.25) is 0 Å². The predicted octanol–water partition coefficient (Wildman–Crippen LogP) is 4.79. The first-order chi connectivity index (χ1) is 15.7. The van der Waals surface area contributed by atoms with Crippen LogP contribution in [0.25, 0.3) is 28.0 Å². The third-order valence-electron chi connectivity index (χ3n) is 5.17. The van der Waals surface area contributed by atoms with Crippen molar-refractivity contribution in [2.24, 2.45) is 0 Å². The Hall–Kier alpha value is -3.91. The molecule has 0 aliphatic rings. The average molecular weight is 443 g/mol. The molecule has 3 aromatic heterocycles. The second-order valence-electron chi connectivity index (χ2n) is 7.21. The van der Waals surface area contributed by atoms with Gasteiger partial charge < -0.3 is 15.8 Å². The van der Waals surface area contributed by atoms with Gasteiger partial charge in [-0.1, -0.05) is 36.4 Å². The first-order valence-corrected chi connectivity index (χ1v) is 11.1. The Labute approximate surface area is 189 Å². The van der Waals surface area contributed by atoms with Gasteiger partial charge in [-0.25, -0.2) is 9.67 Å². The highest BCUT2D eigenvalue weighted by molar-refractivity contribution is 7.09. The summed E-state index contributed by atoms with van der Waals surface area (Å²) in [5, 5.41) is 10.9. The number of ether oxygens (including phenoxy) is 1. The fourth-order valence-electron chi connectivity index (χ4n) is 3.57. The van der Waals surface area contributed by atoms with Crippen molar-refractivity contribution in [2.75, 3.05) is 24.7 Å². The van der Waals surface area contributed by atoms with Gasteiger partial charge in [0.25, 0.3) is 0 Å². The first kappa shape index (κ1) is 20.0. The Morgan fingerprint density at radius 1 is 1.00 bits per heavy atom. The molecular weight excluding hydrogens is 420 g/mol. The number of fused-ring (bicyclic) bond motifs is 1. The third-order valence-corrected chi connectivity index (χ3v) is 6.10. The van der Waals surface area contributed by atoms with Crippen LogP contribution in [0.4, 0.5) is 11.8 Å². The van der Waals surface area contributed by atoms with Gasteiger partial charge in [0.15, 0.2) is 5.65 Å². The van der Waals surface area contributed by atoms with Gasteiger partial charge in [-0.15, -0.1) is 16.4 Å². The van der Waals surface area contributed by atoms with Crippen LogP contribution in [0.5, 0.6) is 5.75 Å².